The Labute approximate surface area is 82.0 Å². The molecule has 1 aliphatic rings. The van der Waals surface area contributed by atoms with Crippen LogP contribution in [-0.4, -0.2) is 40.9 Å². The summed E-state index contributed by atoms with van der Waals surface area (Å²) in [5.41, 5.74) is -0.688. The van der Waals surface area contributed by atoms with Crippen LogP contribution in [0.25, 0.3) is 0 Å². The molecule has 1 aliphatic heterocycles. The first-order chi connectivity index (χ1) is 6.00. The molecule has 5 heteroatoms. The molecule has 0 atom stereocenters. The van der Waals surface area contributed by atoms with Gasteiger partial charge in [0.1, 0.15) is 5.54 Å². The van der Waals surface area contributed by atoms with Gasteiger partial charge in [-0.25, -0.2) is 4.79 Å². The summed E-state index contributed by atoms with van der Waals surface area (Å²) < 4.78 is 0. The number of carbonyl (C=O) groups is 2. The number of urea groups is 1. The van der Waals surface area contributed by atoms with E-state index in [1.54, 1.807) is 30.5 Å². The van der Waals surface area contributed by atoms with Gasteiger partial charge in [-0.3, -0.25) is 10.1 Å². The van der Waals surface area contributed by atoms with Crippen LogP contribution in [0.5, 0.6) is 0 Å². The van der Waals surface area contributed by atoms with E-state index in [1.165, 1.54) is 0 Å². The number of rotatable bonds is 3. The van der Waals surface area contributed by atoms with Gasteiger partial charge in [0.25, 0.3) is 5.91 Å². The van der Waals surface area contributed by atoms with Gasteiger partial charge in [-0.15, -0.1) is 0 Å². The maximum atomic E-state index is 11.3. The number of imide groups is 1. The molecule has 0 saturated carbocycles. The predicted molar refractivity (Wildman–Crippen MR) is 52.7 cm³/mol. The zero-order valence-electron chi connectivity index (χ0n) is 8.09. The number of nitrogens with one attached hydrogen (secondary N) is 1. The Morgan fingerprint density at radius 1 is 1.46 bits per heavy atom. The van der Waals surface area contributed by atoms with Crippen LogP contribution in [0, 0.1) is 0 Å². The smallest absolute Gasteiger partial charge is 0.309 e. The largest absolute Gasteiger partial charge is 0.325 e. The van der Waals surface area contributed by atoms with Crippen molar-refractivity contribution < 1.29 is 9.59 Å². The standard InChI is InChI=1S/C8H14N2O2S/c1-8(2)6(11)9-7(12)10(8)4-5-13-3/h4-5H2,1-3H3,(H,9,11,12). The lowest BCUT2D eigenvalue weighted by Crippen LogP contribution is -2.45. The molecule has 74 valence electrons. The van der Waals surface area contributed by atoms with Gasteiger partial charge in [0.05, 0.1) is 0 Å². The number of carbonyl (C=O) groups excluding carboxylic acids is 2. The number of hydrogen-bond acceptors (Lipinski definition) is 3. The van der Waals surface area contributed by atoms with Gasteiger partial charge < -0.3 is 4.90 Å². The zero-order valence-corrected chi connectivity index (χ0v) is 8.90. The van der Waals surface area contributed by atoms with E-state index >= 15 is 0 Å². The molecule has 0 aromatic carbocycles. The highest BCUT2D eigenvalue weighted by molar-refractivity contribution is 7.98. The minimum atomic E-state index is -0.688. The highest BCUT2D eigenvalue weighted by atomic mass is 32.2. The van der Waals surface area contributed by atoms with E-state index < -0.39 is 5.54 Å². The highest BCUT2D eigenvalue weighted by Gasteiger charge is 2.44. The average molecular weight is 202 g/mol. The Bertz CT molecular complexity index is 240. The molecule has 1 N–H and O–H groups in total. The molecule has 0 bridgehead atoms. The second-order valence-electron chi connectivity index (χ2n) is 3.46. The summed E-state index contributed by atoms with van der Waals surface area (Å²) in [4.78, 5) is 24.2. The molecule has 1 saturated heterocycles. The summed E-state index contributed by atoms with van der Waals surface area (Å²) in [6.45, 7) is 4.13. The van der Waals surface area contributed by atoms with Crippen molar-refractivity contribution in [2.45, 2.75) is 19.4 Å². The van der Waals surface area contributed by atoms with Crippen molar-refractivity contribution in [3.05, 3.63) is 0 Å². The van der Waals surface area contributed by atoms with Gasteiger partial charge in [-0.1, -0.05) is 0 Å². The first kappa shape index (κ1) is 10.4. The lowest BCUT2D eigenvalue weighted by atomic mass is 10.1. The van der Waals surface area contributed by atoms with E-state index in [9.17, 15) is 9.59 Å². The van der Waals surface area contributed by atoms with Gasteiger partial charge in [-0.05, 0) is 20.1 Å². The third-order valence-electron chi connectivity index (χ3n) is 2.22. The monoisotopic (exact) mass is 202 g/mol. The minimum absolute atomic E-state index is 0.210. The van der Waals surface area contributed by atoms with Crippen molar-refractivity contribution in [2.24, 2.45) is 0 Å². The average Bonchev–Trinajstić information content (AvgIpc) is 2.21. The summed E-state index contributed by atoms with van der Waals surface area (Å²) in [5.74, 6) is 0.642. The number of nitrogens with zero attached hydrogens (tertiary/aromatic N) is 1. The quantitative estimate of drug-likeness (QED) is 0.685. The van der Waals surface area contributed by atoms with Crippen LogP contribution >= 0.6 is 11.8 Å². The Morgan fingerprint density at radius 3 is 2.46 bits per heavy atom. The van der Waals surface area contributed by atoms with Crippen LogP contribution in [0.2, 0.25) is 0 Å². The van der Waals surface area contributed by atoms with Crippen LogP contribution in [0.3, 0.4) is 0 Å². The van der Waals surface area contributed by atoms with E-state index in [1.807, 2.05) is 6.26 Å². The molecular weight excluding hydrogens is 188 g/mol. The summed E-state index contributed by atoms with van der Waals surface area (Å²) in [6.07, 6.45) is 1.97. The molecule has 1 fully saturated rings. The Balaban J connectivity index is 2.71. The van der Waals surface area contributed by atoms with Crippen molar-refractivity contribution in [2.75, 3.05) is 18.6 Å². The van der Waals surface area contributed by atoms with Gasteiger partial charge in [0.2, 0.25) is 0 Å². The van der Waals surface area contributed by atoms with E-state index in [4.69, 9.17) is 0 Å². The summed E-state index contributed by atoms with van der Waals surface area (Å²) in [5, 5.41) is 2.30. The fourth-order valence-corrected chi connectivity index (χ4v) is 1.62. The van der Waals surface area contributed by atoms with Crippen molar-refractivity contribution in [3.63, 3.8) is 0 Å². The van der Waals surface area contributed by atoms with E-state index in [-0.39, 0.29) is 11.9 Å². The second kappa shape index (κ2) is 3.57. The lowest BCUT2D eigenvalue weighted by Gasteiger charge is -2.27. The summed E-state index contributed by atoms with van der Waals surface area (Å²) in [7, 11) is 0. The predicted octanol–water partition coefficient (Wildman–Crippen LogP) is 0.680. The van der Waals surface area contributed by atoms with Crippen LogP contribution in [0.1, 0.15) is 13.8 Å². The maximum Gasteiger partial charge on any atom is 0.325 e. The van der Waals surface area contributed by atoms with E-state index in [0.717, 1.165) is 5.75 Å². The molecule has 0 aromatic rings. The van der Waals surface area contributed by atoms with Crippen molar-refractivity contribution >= 4 is 23.7 Å². The SMILES string of the molecule is CSCCN1C(=O)NC(=O)C1(C)C. The van der Waals surface area contributed by atoms with E-state index in [2.05, 4.69) is 5.32 Å². The van der Waals surface area contributed by atoms with Crippen LogP contribution in [-0.2, 0) is 4.79 Å². The molecule has 4 nitrogen and oxygen atoms in total. The first-order valence-electron chi connectivity index (χ1n) is 4.12. The molecule has 0 aromatic heterocycles. The van der Waals surface area contributed by atoms with Crippen molar-refractivity contribution in [1.29, 1.82) is 0 Å². The van der Waals surface area contributed by atoms with E-state index in [0.29, 0.717) is 6.54 Å². The molecule has 1 heterocycles. The Morgan fingerprint density at radius 2 is 2.08 bits per heavy atom. The van der Waals surface area contributed by atoms with Crippen molar-refractivity contribution in [1.82, 2.24) is 10.2 Å². The van der Waals surface area contributed by atoms with Gasteiger partial charge in [0, 0.05) is 12.3 Å². The summed E-state index contributed by atoms with van der Waals surface area (Å²) in [6, 6.07) is -0.274. The van der Waals surface area contributed by atoms with Crippen LogP contribution in [0.4, 0.5) is 4.79 Å². The highest BCUT2D eigenvalue weighted by Crippen LogP contribution is 2.20. The molecule has 1 rings (SSSR count). The normalized spacial score (nSPS) is 20.7. The minimum Gasteiger partial charge on any atom is -0.309 e. The molecule has 0 unspecified atom stereocenters. The molecule has 13 heavy (non-hydrogen) atoms. The second-order valence-corrected chi connectivity index (χ2v) is 4.45. The van der Waals surface area contributed by atoms with Crippen LogP contribution in [0.15, 0.2) is 0 Å². The van der Waals surface area contributed by atoms with Gasteiger partial charge in [0.15, 0.2) is 0 Å². The molecule has 0 spiro atoms. The Kier molecular flexibility index (Phi) is 2.85. The molecule has 3 amide bonds. The number of amides is 3. The van der Waals surface area contributed by atoms with Gasteiger partial charge >= 0.3 is 6.03 Å². The number of thioether (sulfide) groups is 1. The molecule has 0 aliphatic carbocycles. The fraction of sp³-hybridized carbons (Fsp3) is 0.750. The zero-order chi connectivity index (χ0) is 10.1. The van der Waals surface area contributed by atoms with Crippen molar-refractivity contribution in [3.8, 4) is 0 Å². The number of hydrogen-bond donors (Lipinski definition) is 1. The topological polar surface area (TPSA) is 49.4 Å². The third kappa shape index (κ3) is 1.80. The Hall–Kier alpha value is -0.710. The lowest BCUT2D eigenvalue weighted by molar-refractivity contribution is -0.125. The first-order valence-corrected chi connectivity index (χ1v) is 5.51. The van der Waals surface area contributed by atoms with Gasteiger partial charge in [-0.2, -0.15) is 11.8 Å². The molecular formula is C8H14N2O2S. The van der Waals surface area contributed by atoms with Crippen LogP contribution < -0.4 is 5.32 Å². The third-order valence-corrected chi connectivity index (χ3v) is 2.81. The maximum absolute atomic E-state index is 11.3. The fourth-order valence-electron chi connectivity index (χ4n) is 1.26. The summed E-state index contributed by atoms with van der Waals surface area (Å²) >= 11 is 1.66. The molecule has 0 radical (unpaired) electrons.